The average Bonchev–Trinajstić information content (AvgIpc) is 3.15. The number of methoxy groups -OCH3 is 1. The lowest BCUT2D eigenvalue weighted by Crippen LogP contribution is -2.23. The van der Waals surface area contributed by atoms with E-state index in [9.17, 15) is 8.42 Å². The van der Waals surface area contributed by atoms with Crippen LogP contribution in [-0.2, 0) is 16.6 Å². The van der Waals surface area contributed by atoms with Crippen LogP contribution in [0.2, 0.25) is 0 Å². The number of nitrogens with zero attached hydrogens (tertiary/aromatic N) is 1. The predicted molar refractivity (Wildman–Crippen MR) is 96.7 cm³/mol. The highest BCUT2D eigenvalue weighted by molar-refractivity contribution is 9.10. The summed E-state index contributed by atoms with van der Waals surface area (Å²) < 4.78 is 38.4. The summed E-state index contributed by atoms with van der Waals surface area (Å²) in [6.45, 7) is 0.0992. The van der Waals surface area contributed by atoms with Crippen LogP contribution in [0.1, 0.15) is 5.56 Å². The van der Waals surface area contributed by atoms with Gasteiger partial charge in [0.1, 0.15) is 17.7 Å². The molecule has 2 aromatic carbocycles. The Morgan fingerprint density at radius 1 is 1.16 bits per heavy atom. The molecule has 0 aliphatic rings. The first-order valence-corrected chi connectivity index (χ1v) is 9.61. The van der Waals surface area contributed by atoms with Gasteiger partial charge in [-0.15, -0.1) is 0 Å². The Labute approximate surface area is 154 Å². The number of nitrogens with one attached hydrogen (secondary N) is 1. The van der Waals surface area contributed by atoms with Crippen LogP contribution in [-0.4, -0.2) is 20.7 Å². The van der Waals surface area contributed by atoms with Gasteiger partial charge in [-0.2, -0.15) is 0 Å². The Morgan fingerprint density at radius 3 is 2.56 bits per heavy atom. The zero-order valence-electron chi connectivity index (χ0n) is 13.3. The van der Waals surface area contributed by atoms with Gasteiger partial charge in [-0.1, -0.05) is 29.4 Å². The van der Waals surface area contributed by atoms with Crippen molar-refractivity contribution in [2.45, 2.75) is 11.4 Å². The maximum atomic E-state index is 12.4. The summed E-state index contributed by atoms with van der Waals surface area (Å²) in [5.74, 6) is 0.618. The standard InChI is InChI=1S/C17H15BrN2O4S/c1-23-15-8-7-12(16(17(15)18)14-9-10-24-20-14)11-19-25(21,22)13-5-3-2-4-6-13/h2-10,19H,11H2,1H3. The fraction of sp³-hybridized carbons (Fsp3) is 0.118. The molecule has 0 radical (unpaired) electrons. The van der Waals surface area contributed by atoms with Crippen LogP contribution in [0.4, 0.5) is 0 Å². The number of sulfonamides is 1. The summed E-state index contributed by atoms with van der Waals surface area (Å²) in [7, 11) is -2.05. The summed E-state index contributed by atoms with van der Waals surface area (Å²) in [4.78, 5) is 0.213. The number of rotatable bonds is 6. The van der Waals surface area contributed by atoms with Crippen molar-refractivity contribution in [1.29, 1.82) is 0 Å². The lowest BCUT2D eigenvalue weighted by molar-refractivity contribution is 0.411. The van der Waals surface area contributed by atoms with E-state index in [1.807, 2.05) is 0 Å². The van der Waals surface area contributed by atoms with Crippen molar-refractivity contribution in [3.05, 3.63) is 64.8 Å². The quantitative estimate of drug-likeness (QED) is 0.656. The third kappa shape index (κ3) is 3.76. The van der Waals surface area contributed by atoms with Gasteiger partial charge in [0, 0.05) is 18.2 Å². The molecule has 25 heavy (non-hydrogen) atoms. The van der Waals surface area contributed by atoms with Gasteiger partial charge >= 0.3 is 0 Å². The molecule has 130 valence electrons. The second-order valence-electron chi connectivity index (χ2n) is 5.14. The molecule has 8 heteroatoms. The number of hydrogen-bond acceptors (Lipinski definition) is 5. The molecular formula is C17H15BrN2O4S. The number of aromatic nitrogens is 1. The van der Waals surface area contributed by atoms with Gasteiger partial charge in [-0.05, 0) is 39.7 Å². The molecule has 0 aliphatic heterocycles. The van der Waals surface area contributed by atoms with Crippen LogP contribution in [0.3, 0.4) is 0 Å². The second-order valence-corrected chi connectivity index (χ2v) is 7.70. The molecule has 6 nitrogen and oxygen atoms in total. The van der Waals surface area contributed by atoms with Crippen molar-refractivity contribution in [2.24, 2.45) is 0 Å². The van der Waals surface area contributed by atoms with Crippen molar-refractivity contribution < 1.29 is 17.7 Å². The zero-order chi connectivity index (χ0) is 17.9. The van der Waals surface area contributed by atoms with Gasteiger partial charge in [0.25, 0.3) is 0 Å². The minimum absolute atomic E-state index is 0.0992. The largest absolute Gasteiger partial charge is 0.496 e. The van der Waals surface area contributed by atoms with Gasteiger partial charge in [0.05, 0.1) is 16.5 Å². The van der Waals surface area contributed by atoms with Crippen molar-refractivity contribution in [1.82, 2.24) is 9.88 Å². The molecule has 0 bridgehead atoms. The summed E-state index contributed by atoms with van der Waals surface area (Å²) in [6, 6.07) is 13.5. The minimum Gasteiger partial charge on any atom is -0.496 e. The lowest BCUT2D eigenvalue weighted by atomic mass is 10.0. The third-order valence-electron chi connectivity index (χ3n) is 3.61. The Morgan fingerprint density at radius 2 is 1.92 bits per heavy atom. The van der Waals surface area contributed by atoms with E-state index in [1.165, 1.54) is 6.26 Å². The molecule has 1 aromatic heterocycles. The monoisotopic (exact) mass is 422 g/mol. The Kier molecular flexibility index (Phi) is 5.22. The first-order chi connectivity index (χ1) is 12.0. The van der Waals surface area contributed by atoms with E-state index in [-0.39, 0.29) is 11.4 Å². The van der Waals surface area contributed by atoms with Crippen LogP contribution in [0.15, 0.2) is 68.7 Å². The molecule has 0 amide bonds. The van der Waals surface area contributed by atoms with E-state index in [0.29, 0.717) is 21.5 Å². The topological polar surface area (TPSA) is 81.4 Å². The van der Waals surface area contributed by atoms with Crippen LogP contribution in [0.25, 0.3) is 11.3 Å². The van der Waals surface area contributed by atoms with E-state index in [4.69, 9.17) is 9.26 Å². The normalized spacial score (nSPS) is 11.4. The molecule has 3 aromatic rings. The number of benzene rings is 2. The van der Waals surface area contributed by atoms with E-state index >= 15 is 0 Å². The van der Waals surface area contributed by atoms with Crippen molar-refractivity contribution in [2.75, 3.05) is 7.11 Å². The van der Waals surface area contributed by atoms with Crippen molar-refractivity contribution in [3.8, 4) is 17.0 Å². The second kappa shape index (κ2) is 7.38. The third-order valence-corrected chi connectivity index (χ3v) is 5.82. The maximum absolute atomic E-state index is 12.4. The molecule has 0 unspecified atom stereocenters. The highest BCUT2D eigenvalue weighted by Crippen LogP contribution is 2.37. The SMILES string of the molecule is COc1ccc(CNS(=O)(=O)c2ccccc2)c(-c2ccon2)c1Br. The van der Waals surface area contributed by atoms with E-state index in [1.54, 1.807) is 55.6 Å². The van der Waals surface area contributed by atoms with Gasteiger partial charge in [0.15, 0.2) is 0 Å². The summed E-state index contributed by atoms with van der Waals surface area (Å²) in [5.41, 5.74) is 2.03. The minimum atomic E-state index is -3.61. The van der Waals surface area contributed by atoms with E-state index in [2.05, 4.69) is 25.8 Å². The Hall–Kier alpha value is -2.16. The van der Waals surface area contributed by atoms with Gasteiger partial charge in [-0.25, -0.2) is 13.1 Å². The maximum Gasteiger partial charge on any atom is 0.240 e. The highest BCUT2D eigenvalue weighted by Gasteiger charge is 2.19. The van der Waals surface area contributed by atoms with Crippen LogP contribution in [0, 0.1) is 0 Å². The molecular weight excluding hydrogens is 408 g/mol. The summed E-state index contributed by atoms with van der Waals surface area (Å²) >= 11 is 3.50. The van der Waals surface area contributed by atoms with Crippen molar-refractivity contribution >= 4 is 26.0 Å². The molecule has 3 rings (SSSR count). The lowest BCUT2D eigenvalue weighted by Gasteiger charge is -2.14. The molecule has 1 N–H and O–H groups in total. The van der Waals surface area contributed by atoms with Crippen LogP contribution in [0.5, 0.6) is 5.75 Å². The molecule has 0 aliphatic carbocycles. The van der Waals surface area contributed by atoms with Gasteiger partial charge in [-0.3, -0.25) is 0 Å². The molecule has 0 fully saturated rings. The predicted octanol–water partition coefficient (Wildman–Crippen LogP) is 3.59. The first-order valence-electron chi connectivity index (χ1n) is 7.34. The fourth-order valence-electron chi connectivity index (χ4n) is 2.38. The van der Waals surface area contributed by atoms with Crippen molar-refractivity contribution in [3.63, 3.8) is 0 Å². The average molecular weight is 423 g/mol. The first kappa shape index (κ1) is 17.7. The highest BCUT2D eigenvalue weighted by atomic mass is 79.9. The molecule has 0 saturated carbocycles. The zero-order valence-corrected chi connectivity index (χ0v) is 15.7. The summed E-state index contributed by atoms with van der Waals surface area (Å²) in [5, 5.41) is 3.95. The smallest absolute Gasteiger partial charge is 0.240 e. The van der Waals surface area contributed by atoms with Crippen LogP contribution < -0.4 is 9.46 Å². The van der Waals surface area contributed by atoms with Crippen LogP contribution >= 0.6 is 15.9 Å². The van der Waals surface area contributed by atoms with E-state index < -0.39 is 10.0 Å². The Bertz CT molecular complexity index is 958. The number of halogens is 1. The summed E-state index contributed by atoms with van der Waals surface area (Å²) in [6.07, 6.45) is 1.46. The molecule has 0 saturated heterocycles. The fourth-order valence-corrected chi connectivity index (χ4v) is 4.16. The number of hydrogen-bond donors (Lipinski definition) is 1. The number of ether oxygens (including phenoxy) is 1. The van der Waals surface area contributed by atoms with E-state index in [0.717, 1.165) is 5.56 Å². The molecule has 0 spiro atoms. The molecule has 0 atom stereocenters. The van der Waals surface area contributed by atoms with Gasteiger partial charge in [0.2, 0.25) is 10.0 Å². The Balaban J connectivity index is 1.94. The van der Waals surface area contributed by atoms with Gasteiger partial charge < -0.3 is 9.26 Å². The molecule has 1 heterocycles.